The van der Waals surface area contributed by atoms with E-state index in [-0.39, 0.29) is 34.9 Å². The Balaban J connectivity index is 1.56. The van der Waals surface area contributed by atoms with Crippen molar-refractivity contribution >= 4 is 56.7 Å². The summed E-state index contributed by atoms with van der Waals surface area (Å²) >= 11 is 3.14. The number of aryl methyl sites for hydroxylation is 1. The van der Waals surface area contributed by atoms with E-state index in [2.05, 4.69) is 36.9 Å². The van der Waals surface area contributed by atoms with Crippen LogP contribution in [0.4, 0.5) is 15.8 Å². The van der Waals surface area contributed by atoms with E-state index in [1.54, 1.807) is 36.4 Å². The molecular weight excluding hydrogens is 527 g/mol. The van der Waals surface area contributed by atoms with Crippen LogP contribution in [0.5, 0.6) is 0 Å². The molecule has 2 heterocycles. The topological polar surface area (TPSA) is 103 Å². The standard InChI is InChI=1S/C27H26BrFN4O3/c1-14(10-17-4-7-19(29)8-5-17)30-26(35)18-6-9-22-20(11-18)21(27(36)32-22)12-23-15(2)25(16(3)31-23)33-24(34)13-28/h4-9,11-12,14,31H,10,13H2,1-3H3,(H,30,35)(H,32,36)(H,33,34)/b21-12-/t14-/m1/s1. The summed E-state index contributed by atoms with van der Waals surface area (Å²) in [6, 6.07) is 11.1. The third-order valence-corrected chi connectivity index (χ3v) is 6.56. The van der Waals surface area contributed by atoms with Crippen LogP contribution in [0.1, 0.15) is 45.4 Å². The molecule has 0 saturated heterocycles. The van der Waals surface area contributed by atoms with Crippen molar-refractivity contribution in [3.05, 3.63) is 81.9 Å². The van der Waals surface area contributed by atoms with Crippen molar-refractivity contribution in [2.75, 3.05) is 16.0 Å². The quantitative estimate of drug-likeness (QED) is 0.246. The maximum Gasteiger partial charge on any atom is 0.256 e. The number of fused-ring (bicyclic) bond motifs is 1. The van der Waals surface area contributed by atoms with Gasteiger partial charge in [0.2, 0.25) is 5.91 Å². The Morgan fingerprint density at radius 1 is 1.14 bits per heavy atom. The third-order valence-electron chi connectivity index (χ3n) is 6.05. The summed E-state index contributed by atoms with van der Waals surface area (Å²) in [6.45, 7) is 5.59. The highest BCUT2D eigenvalue weighted by Gasteiger charge is 2.26. The lowest BCUT2D eigenvalue weighted by atomic mass is 10.0. The van der Waals surface area contributed by atoms with Crippen molar-refractivity contribution < 1.29 is 18.8 Å². The van der Waals surface area contributed by atoms with Crippen molar-refractivity contribution in [1.82, 2.24) is 10.3 Å². The monoisotopic (exact) mass is 552 g/mol. The predicted molar refractivity (Wildman–Crippen MR) is 143 cm³/mol. The van der Waals surface area contributed by atoms with Crippen molar-refractivity contribution in [1.29, 1.82) is 0 Å². The van der Waals surface area contributed by atoms with Crippen LogP contribution in [-0.2, 0) is 16.0 Å². The molecule has 0 spiro atoms. The van der Waals surface area contributed by atoms with Gasteiger partial charge in [-0.25, -0.2) is 4.39 Å². The van der Waals surface area contributed by atoms with Gasteiger partial charge in [0.1, 0.15) is 5.82 Å². The maximum atomic E-state index is 13.1. The minimum absolute atomic E-state index is 0.173. The first kappa shape index (κ1) is 25.4. The van der Waals surface area contributed by atoms with Crippen LogP contribution in [0.25, 0.3) is 11.6 Å². The number of carbonyl (C=O) groups excluding carboxylic acids is 3. The number of anilines is 2. The van der Waals surface area contributed by atoms with Crippen LogP contribution in [0.3, 0.4) is 0 Å². The van der Waals surface area contributed by atoms with Gasteiger partial charge in [-0.15, -0.1) is 0 Å². The second-order valence-corrected chi connectivity index (χ2v) is 9.38. The lowest BCUT2D eigenvalue weighted by Crippen LogP contribution is -2.34. The molecule has 0 unspecified atom stereocenters. The van der Waals surface area contributed by atoms with E-state index in [1.165, 1.54) is 12.1 Å². The molecule has 4 rings (SSSR count). The zero-order valence-electron chi connectivity index (χ0n) is 20.1. The Labute approximate surface area is 216 Å². The molecule has 186 valence electrons. The fourth-order valence-electron chi connectivity index (χ4n) is 4.23. The van der Waals surface area contributed by atoms with Crippen molar-refractivity contribution in [2.45, 2.75) is 33.2 Å². The lowest BCUT2D eigenvalue weighted by Gasteiger charge is -2.14. The Hall–Kier alpha value is -3.72. The Kier molecular flexibility index (Phi) is 7.40. The highest BCUT2D eigenvalue weighted by Crippen LogP contribution is 2.35. The van der Waals surface area contributed by atoms with E-state index in [4.69, 9.17) is 0 Å². The molecule has 36 heavy (non-hydrogen) atoms. The van der Waals surface area contributed by atoms with Gasteiger partial charge in [-0.05, 0) is 74.7 Å². The molecule has 1 aliphatic rings. The fraction of sp³-hybridized carbons (Fsp3) is 0.222. The number of aromatic amines is 1. The number of rotatable bonds is 7. The van der Waals surface area contributed by atoms with Crippen LogP contribution >= 0.6 is 15.9 Å². The molecule has 0 radical (unpaired) electrons. The van der Waals surface area contributed by atoms with Gasteiger partial charge in [0.05, 0.1) is 16.6 Å². The number of hydrogen-bond acceptors (Lipinski definition) is 3. The van der Waals surface area contributed by atoms with Gasteiger partial charge in [0.25, 0.3) is 11.8 Å². The number of nitrogens with one attached hydrogen (secondary N) is 4. The normalized spacial score (nSPS) is 14.4. The van der Waals surface area contributed by atoms with Gasteiger partial charge < -0.3 is 20.9 Å². The number of alkyl halides is 1. The van der Waals surface area contributed by atoms with Crippen molar-refractivity contribution in [3.8, 4) is 0 Å². The fourth-order valence-corrected chi connectivity index (χ4v) is 4.37. The average Bonchev–Trinajstić information content (AvgIpc) is 3.30. The molecule has 2 aromatic carbocycles. The molecule has 1 atom stereocenters. The van der Waals surface area contributed by atoms with Crippen LogP contribution in [0.2, 0.25) is 0 Å². The molecule has 3 aromatic rings. The predicted octanol–water partition coefficient (Wildman–Crippen LogP) is 4.96. The first-order valence-corrected chi connectivity index (χ1v) is 12.6. The van der Waals surface area contributed by atoms with E-state index in [1.807, 2.05) is 20.8 Å². The number of hydrogen-bond donors (Lipinski definition) is 4. The van der Waals surface area contributed by atoms with E-state index < -0.39 is 0 Å². The molecule has 3 amide bonds. The summed E-state index contributed by atoms with van der Waals surface area (Å²) in [5, 5.41) is 8.82. The van der Waals surface area contributed by atoms with E-state index in [9.17, 15) is 18.8 Å². The molecule has 7 nitrogen and oxygen atoms in total. The van der Waals surface area contributed by atoms with Crippen LogP contribution < -0.4 is 16.0 Å². The van der Waals surface area contributed by atoms with Gasteiger partial charge in [0, 0.05) is 34.2 Å². The number of halogens is 2. The minimum atomic E-state index is -0.301. The largest absolute Gasteiger partial charge is 0.357 e. The summed E-state index contributed by atoms with van der Waals surface area (Å²) in [5.41, 5.74) is 5.95. The number of benzene rings is 2. The Morgan fingerprint density at radius 2 is 1.86 bits per heavy atom. The number of H-pyrrole nitrogens is 1. The summed E-state index contributed by atoms with van der Waals surface area (Å²) in [4.78, 5) is 40.8. The zero-order valence-corrected chi connectivity index (χ0v) is 21.7. The minimum Gasteiger partial charge on any atom is -0.357 e. The first-order valence-electron chi connectivity index (χ1n) is 11.4. The van der Waals surface area contributed by atoms with Gasteiger partial charge in [-0.1, -0.05) is 28.1 Å². The second-order valence-electron chi connectivity index (χ2n) is 8.82. The SMILES string of the molecule is Cc1[nH]c(/C=C2\C(=O)Nc3ccc(C(=O)N[C@H](C)Cc4ccc(F)cc4)cc32)c(C)c1NC(=O)CBr. The molecule has 0 aliphatic carbocycles. The van der Waals surface area contributed by atoms with Gasteiger partial charge in [-0.3, -0.25) is 14.4 Å². The molecule has 0 fully saturated rings. The summed E-state index contributed by atoms with van der Waals surface area (Å²) < 4.78 is 13.1. The molecule has 0 saturated carbocycles. The highest BCUT2D eigenvalue weighted by molar-refractivity contribution is 9.09. The maximum absolute atomic E-state index is 13.1. The summed E-state index contributed by atoms with van der Waals surface area (Å²) in [6.07, 6.45) is 2.29. The first-order chi connectivity index (χ1) is 17.2. The number of carbonyl (C=O) groups is 3. The molecular formula is C27H26BrFN4O3. The van der Waals surface area contributed by atoms with Crippen LogP contribution in [0, 0.1) is 19.7 Å². The summed E-state index contributed by atoms with van der Waals surface area (Å²) in [5.74, 6) is -1.01. The van der Waals surface area contributed by atoms with Crippen molar-refractivity contribution in [2.24, 2.45) is 0 Å². The number of aromatic nitrogens is 1. The third kappa shape index (κ3) is 5.41. The zero-order chi connectivity index (χ0) is 26.0. The smallest absolute Gasteiger partial charge is 0.256 e. The van der Waals surface area contributed by atoms with E-state index in [0.29, 0.717) is 40.2 Å². The van der Waals surface area contributed by atoms with Gasteiger partial charge in [-0.2, -0.15) is 0 Å². The van der Waals surface area contributed by atoms with Crippen molar-refractivity contribution in [3.63, 3.8) is 0 Å². The molecule has 9 heteroatoms. The Bertz CT molecular complexity index is 1380. The molecule has 4 N–H and O–H groups in total. The van der Waals surface area contributed by atoms with Gasteiger partial charge >= 0.3 is 0 Å². The van der Waals surface area contributed by atoms with E-state index >= 15 is 0 Å². The Morgan fingerprint density at radius 3 is 2.56 bits per heavy atom. The second kappa shape index (κ2) is 10.5. The average molecular weight is 553 g/mol. The molecule has 0 bridgehead atoms. The number of amides is 3. The molecule has 1 aromatic heterocycles. The summed E-state index contributed by atoms with van der Waals surface area (Å²) in [7, 11) is 0. The molecule has 1 aliphatic heterocycles. The van der Waals surface area contributed by atoms with Gasteiger partial charge in [0.15, 0.2) is 0 Å². The lowest BCUT2D eigenvalue weighted by molar-refractivity contribution is -0.114. The van der Waals surface area contributed by atoms with Crippen LogP contribution in [0.15, 0.2) is 42.5 Å². The highest BCUT2D eigenvalue weighted by atomic mass is 79.9. The van der Waals surface area contributed by atoms with E-state index in [0.717, 1.165) is 16.8 Å². The van der Waals surface area contributed by atoms with Crippen LogP contribution in [-0.4, -0.2) is 34.1 Å².